The van der Waals surface area contributed by atoms with Crippen LogP contribution in [-0.2, 0) is 21.4 Å². The van der Waals surface area contributed by atoms with E-state index in [1.165, 1.54) is 34.6 Å². The number of rotatable bonds is 9. The van der Waals surface area contributed by atoms with E-state index in [4.69, 9.17) is 9.26 Å². The number of anilines is 1. The van der Waals surface area contributed by atoms with Crippen LogP contribution >= 0.6 is 0 Å². The normalized spacial score (nSPS) is 11.1. The molecule has 0 saturated carbocycles. The van der Waals surface area contributed by atoms with E-state index >= 15 is 0 Å². The summed E-state index contributed by atoms with van der Waals surface area (Å²) in [5.41, 5.74) is 1.33. The van der Waals surface area contributed by atoms with Crippen molar-refractivity contribution < 1.29 is 22.5 Å². The molecule has 0 aliphatic heterocycles. The Morgan fingerprint density at radius 1 is 1.00 bits per heavy atom. The molecule has 1 heterocycles. The lowest BCUT2D eigenvalue weighted by atomic mass is 10.2. The van der Waals surface area contributed by atoms with Gasteiger partial charge in [0.15, 0.2) is 6.61 Å². The van der Waals surface area contributed by atoms with Gasteiger partial charge in [0.05, 0.1) is 22.7 Å². The Morgan fingerprint density at radius 2 is 1.71 bits per heavy atom. The van der Waals surface area contributed by atoms with Gasteiger partial charge in [-0.15, -0.1) is 6.58 Å². The summed E-state index contributed by atoms with van der Waals surface area (Å²) in [6.07, 6.45) is 1.50. The second kappa shape index (κ2) is 10.1. The second-order valence-corrected chi connectivity index (χ2v) is 9.00. The molecule has 0 amide bonds. The lowest BCUT2D eigenvalue weighted by Crippen LogP contribution is -2.31. The number of benzene rings is 3. The molecule has 172 valence electrons. The van der Waals surface area contributed by atoms with Gasteiger partial charge in [-0.1, -0.05) is 65.8 Å². The summed E-state index contributed by atoms with van der Waals surface area (Å²) >= 11 is 0. The maximum absolute atomic E-state index is 13.3. The monoisotopic (exact) mass is 475 g/mol. The second-order valence-electron chi connectivity index (χ2n) is 7.14. The number of aromatic nitrogens is 2. The Bertz CT molecular complexity index is 1390. The van der Waals surface area contributed by atoms with Crippen molar-refractivity contribution in [3.63, 3.8) is 0 Å². The van der Waals surface area contributed by atoms with Crippen LogP contribution in [0.2, 0.25) is 0 Å². The number of sulfonamides is 1. The molecule has 0 atom stereocenters. The molecule has 9 heteroatoms. The third-order valence-corrected chi connectivity index (χ3v) is 6.61. The predicted molar refractivity (Wildman–Crippen MR) is 126 cm³/mol. The van der Waals surface area contributed by atoms with Crippen molar-refractivity contribution in [3.05, 3.63) is 109 Å². The number of hydrogen-bond donors (Lipinski definition) is 0. The zero-order valence-electron chi connectivity index (χ0n) is 18.1. The molecule has 0 spiro atoms. The molecule has 0 aliphatic carbocycles. The number of nitrogens with zero attached hydrogens (tertiary/aromatic N) is 3. The van der Waals surface area contributed by atoms with Gasteiger partial charge in [-0.05, 0) is 30.3 Å². The van der Waals surface area contributed by atoms with Gasteiger partial charge >= 0.3 is 5.97 Å². The number of carbonyl (C=O) groups excluding carboxylic acids is 1. The fourth-order valence-corrected chi connectivity index (χ4v) is 4.68. The molecule has 8 nitrogen and oxygen atoms in total. The van der Waals surface area contributed by atoms with E-state index in [9.17, 15) is 13.2 Å². The Kier molecular flexibility index (Phi) is 6.84. The van der Waals surface area contributed by atoms with Crippen molar-refractivity contribution >= 4 is 21.7 Å². The number of hydrogen-bond acceptors (Lipinski definition) is 7. The molecule has 0 fully saturated rings. The maximum atomic E-state index is 13.3. The minimum Gasteiger partial charge on any atom is -0.452 e. The first kappa shape index (κ1) is 22.9. The van der Waals surface area contributed by atoms with Gasteiger partial charge in [0.25, 0.3) is 15.9 Å². The number of carbonyl (C=O) groups is 1. The van der Waals surface area contributed by atoms with E-state index in [2.05, 4.69) is 16.7 Å². The SMILES string of the molecule is C=CCN(c1ccccc1)S(=O)(=O)c1cccc(C(=O)OCc2nc(-c3ccccc3)no2)c1. The lowest BCUT2D eigenvalue weighted by molar-refractivity contribution is 0.0429. The van der Waals surface area contributed by atoms with Crippen LogP contribution in [0.1, 0.15) is 16.2 Å². The van der Waals surface area contributed by atoms with Gasteiger partial charge in [-0.2, -0.15) is 4.98 Å². The van der Waals surface area contributed by atoms with Crippen molar-refractivity contribution in [2.24, 2.45) is 0 Å². The molecule has 0 saturated heterocycles. The molecule has 0 radical (unpaired) electrons. The first-order valence-corrected chi connectivity index (χ1v) is 11.8. The van der Waals surface area contributed by atoms with Gasteiger partial charge in [-0.25, -0.2) is 13.2 Å². The first-order valence-electron chi connectivity index (χ1n) is 10.3. The highest BCUT2D eigenvalue weighted by atomic mass is 32.2. The van der Waals surface area contributed by atoms with Gasteiger partial charge in [0.1, 0.15) is 0 Å². The topological polar surface area (TPSA) is 103 Å². The summed E-state index contributed by atoms with van der Waals surface area (Å²) in [6, 6.07) is 23.6. The maximum Gasteiger partial charge on any atom is 0.338 e. The minimum atomic E-state index is -3.95. The molecule has 4 aromatic rings. The van der Waals surface area contributed by atoms with Crippen LogP contribution in [0, 0.1) is 0 Å². The fourth-order valence-electron chi connectivity index (χ4n) is 3.19. The average Bonchev–Trinajstić information content (AvgIpc) is 3.36. The summed E-state index contributed by atoms with van der Waals surface area (Å²) < 4.78 is 38.2. The van der Waals surface area contributed by atoms with Crippen LogP contribution in [0.3, 0.4) is 0 Å². The van der Waals surface area contributed by atoms with E-state index < -0.39 is 16.0 Å². The Hall–Kier alpha value is -4.24. The van der Waals surface area contributed by atoms with E-state index in [0.717, 1.165) is 5.56 Å². The van der Waals surface area contributed by atoms with Crippen LogP contribution in [0.15, 0.2) is 107 Å². The number of para-hydroxylation sites is 1. The first-order chi connectivity index (χ1) is 16.5. The van der Waals surface area contributed by atoms with E-state index in [1.54, 1.807) is 30.3 Å². The fraction of sp³-hybridized carbons (Fsp3) is 0.0800. The highest BCUT2D eigenvalue weighted by molar-refractivity contribution is 7.92. The summed E-state index contributed by atoms with van der Waals surface area (Å²) in [6.45, 7) is 3.48. The molecule has 0 aliphatic rings. The third kappa shape index (κ3) is 5.05. The van der Waals surface area contributed by atoms with E-state index in [1.807, 2.05) is 30.3 Å². The van der Waals surface area contributed by atoms with E-state index in [-0.39, 0.29) is 29.5 Å². The summed E-state index contributed by atoms with van der Waals surface area (Å²) in [7, 11) is -3.95. The Morgan fingerprint density at radius 3 is 2.41 bits per heavy atom. The van der Waals surface area contributed by atoms with Gasteiger partial charge in [0.2, 0.25) is 5.82 Å². The number of ether oxygens (including phenoxy) is 1. The van der Waals surface area contributed by atoms with E-state index in [0.29, 0.717) is 11.5 Å². The molecule has 0 unspecified atom stereocenters. The van der Waals surface area contributed by atoms with Crippen molar-refractivity contribution in [2.75, 3.05) is 10.8 Å². The molecule has 3 aromatic carbocycles. The highest BCUT2D eigenvalue weighted by Crippen LogP contribution is 2.24. The largest absolute Gasteiger partial charge is 0.452 e. The molecule has 34 heavy (non-hydrogen) atoms. The van der Waals surface area contributed by atoms with Crippen molar-refractivity contribution in [3.8, 4) is 11.4 Å². The zero-order chi connectivity index (χ0) is 24.0. The molecule has 1 aromatic heterocycles. The number of esters is 1. The molecular formula is C25H21N3O5S. The smallest absolute Gasteiger partial charge is 0.338 e. The van der Waals surface area contributed by atoms with Crippen molar-refractivity contribution in [2.45, 2.75) is 11.5 Å². The van der Waals surface area contributed by atoms with Gasteiger partial charge in [0, 0.05) is 5.56 Å². The van der Waals surface area contributed by atoms with Crippen LogP contribution in [-0.4, -0.2) is 31.1 Å². The minimum absolute atomic E-state index is 0.0446. The van der Waals surface area contributed by atoms with Gasteiger partial charge in [-0.3, -0.25) is 4.31 Å². The molecule has 0 N–H and O–H groups in total. The van der Waals surface area contributed by atoms with Crippen molar-refractivity contribution in [1.82, 2.24) is 10.1 Å². The summed E-state index contributed by atoms with van der Waals surface area (Å²) in [5, 5.41) is 3.88. The quantitative estimate of drug-likeness (QED) is 0.260. The predicted octanol–water partition coefficient (Wildman–Crippen LogP) is 4.47. The van der Waals surface area contributed by atoms with Crippen LogP contribution < -0.4 is 4.31 Å². The zero-order valence-corrected chi connectivity index (χ0v) is 18.9. The standard InChI is InChI=1S/C25H21N3O5S/c1-2-16-28(21-13-7-4-8-14-21)34(30,31)22-15-9-12-20(17-22)25(29)32-18-23-26-24(27-33-23)19-10-5-3-6-11-19/h2-15,17H,1,16,18H2. The molecule has 0 bridgehead atoms. The summed E-state index contributed by atoms with van der Waals surface area (Å²) in [4.78, 5) is 16.8. The summed E-state index contributed by atoms with van der Waals surface area (Å²) in [5.74, 6) is -0.216. The Balaban J connectivity index is 1.50. The average molecular weight is 476 g/mol. The van der Waals surface area contributed by atoms with Crippen LogP contribution in [0.5, 0.6) is 0 Å². The van der Waals surface area contributed by atoms with Crippen LogP contribution in [0.4, 0.5) is 5.69 Å². The third-order valence-electron chi connectivity index (χ3n) is 4.82. The Labute approximate surface area is 197 Å². The van der Waals surface area contributed by atoms with Crippen molar-refractivity contribution in [1.29, 1.82) is 0 Å². The van der Waals surface area contributed by atoms with Gasteiger partial charge < -0.3 is 9.26 Å². The molecular weight excluding hydrogens is 454 g/mol. The molecule has 4 rings (SSSR count). The van der Waals surface area contributed by atoms with Crippen LogP contribution in [0.25, 0.3) is 11.4 Å². The lowest BCUT2D eigenvalue weighted by Gasteiger charge is -2.23. The highest BCUT2D eigenvalue weighted by Gasteiger charge is 2.25.